The van der Waals surface area contributed by atoms with E-state index in [1.807, 2.05) is 0 Å². The number of aliphatic hydroxyl groups excluding tert-OH is 1. The number of hydrogen-bond donors (Lipinski definition) is 2. The summed E-state index contributed by atoms with van der Waals surface area (Å²) in [5.41, 5.74) is 0. The van der Waals surface area contributed by atoms with Gasteiger partial charge in [-0.05, 0) is 44.1 Å². The minimum atomic E-state index is 0.251. The lowest BCUT2D eigenvalue weighted by Crippen LogP contribution is -2.43. The Morgan fingerprint density at radius 3 is 2.79 bits per heavy atom. The molecule has 2 atom stereocenters. The number of rotatable bonds is 5. The van der Waals surface area contributed by atoms with Crippen LogP contribution in [0.3, 0.4) is 0 Å². The molecule has 1 heterocycles. The predicted molar refractivity (Wildman–Crippen MR) is 55.1 cm³/mol. The molecule has 2 rings (SSSR count). The Labute approximate surface area is 85.8 Å². The van der Waals surface area contributed by atoms with Crippen molar-refractivity contribution in [3.05, 3.63) is 0 Å². The molecule has 0 amide bonds. The van der Waals surface area contributed by atoms with E-state index in [1.165, 1.54) is 19.3 Å². The van der Waals surface area contributed by atoms with E-state index in [0.717, 1.165) is 32.1 Å². The third kappa shape index (κ3) is 2.94. The van der Waals surface area contributed by atoms with Crippen molar-refractivity contribution < 1.29 is 9.84 Å². The standard InChI is InChI=1S/C11H21NO2/c13-7-11(12-6-9-3-4-9)10-2-1-5-14-8-10/h9-13H,1-8H2. The monoisotopic (exact) mass is 199 g/mol. The van der Waals surface area contributed by atoms with Gasteiger partial charge in [-0.25, -0.2) is 0 Å². The Kier molecular flexibility index (Phi) is 3.79. The Morgan fingerprint density at radius 1 is 1.36 bits per heavy atom. The van der Waals surface area contributed by atoms with Crippen LogP contribution in [0, 0.1) is 11.8 Å². The summed E-state index contributed by atoms with van der Waals surface area (Å²) in [4.78, 5) is 0. The van der Waals surface area contributed by atoms with Crippen molar-refractivity contribution in [2.75, 3.05) is 26.4 Å². The summed E-state index contributed by atoms with van der Waals surface area (Å²) < 4.78 is 5.44. The summed E-state index contributed by atoms with van der Waals surface area (Å²) in [7, 11) is 0. The summed E-state index contributed by atoms with van der Waals surface area (Å²) >= 11 is 0. The average molecular weight is 199 g/mol. The summed E-state index contributed by atoms with van der Waals surface area (Å²) in [6.07, 6.45) is 5.08. The van der Waals surface area contributed by atoms with Crippen molar-refractivity contribution in [2.45, 2.75) is 31.7 Å². The summed E-state index contributed by atoms with van der Waals surface area (Å²) in [6, 6.07) is 0.260. The largest absolute Gasteiger partial charge is 0.395 e. The van der Waals surface area contributed by atoms with E-state index in [1.54, 1.807) is 0 Å². The molecule has 0 aromatic carbocycles. The van der Waals surface area contributed by atoms with Crippen LogP contribution in [0.4, 0.5) is 0 Å². The van der Waals surface area contributed by atoms with Gasteiger partial charge in [0.25, 0.3) is 0 Å². The quantitative estimate of drug-likeness (QED) is 0.687. The molecule has 3 nitrogen and oxygen atoms in total. The van der Waals surface area contributed by atoms with Gasteiger partial charge in [0.05, 0.1) is 13.2 Å². The molecule has 1 aliphatic carbocycles. The average Bonchev–Trinajstić information content (AvgIpc) is 3.04. The Bertz CT molecular complexity index is 165. The lowest BCUT2D eigenvalue weighted by molar-refractivity contribution is 0.0282. The molecule has 14 heavy (non-hydrogen) atoms. The number of aliphatic hydroxyl groups is 1. The Morgan fingerprint density at radius 2 is 2.21 bits per heavy atom. The molecular formula is C11H21NO2. The van der Waals surface area contributed by atoms with Gasteiger partial charge < -0.3 is 15.2 Å². The van der Waals surface area contributed by atoms with Gasteiger partial charge in [0, 0.05) is 12.6 Å². The molecule has 1 saturated heterocycles. The maximum atomic E-state index is 9.29. The smallest absolute Gasteiger partial charge is 0.0588 e. The number of nitrogens with one attached hydrogen (secondary N) is 1. The van der Waals surface area contributed by atoms with Crippen LogP contribution in [0.5, 0.6) is 0 Å². The highest BCUT2D eigenvalue weighted by Gasteiger charge is 2.26. The van der Waals surface area contributed by atoms with Crippen LogP contribution >= 0.6 is 0 Å². The first-order valence-electron chi connectivity index (χ1n) is 5.82. The van der Waals surface area contributed by atoms with E-state index in [2.05, 4.69) is 5.32 Å². The van der Waals surface area contributed by atoms with Gasteiger partial charge in [0.2, 0.25) is 0 Å². The SMILES string of the molecule is OCC(NCC1CC1)C1CCCOC1. The summed E-state index contributed by atoms with van der Waals surface area (Å²) in [5.74, 6) is 1.40. The van der Waals surface area contributed by atoms with E-state index in [4.69, 9.17) is 4.74 Å². The van der Waals surface area contributed by atoms with E-state index >= 15 is 0 Å². The maximum Gasteiger partial charge on any atom is 0.0588 e. The number of hydrogen-bond acceptors (Lipinski definition) is 3. The van der Waals surface area contributed by atoms with Crippen molar-refractivity contribution in [1.29, 1.82) is 0 Å². The molecular weight excluding hydrogens is 178 g/mol. The first-order valence-corrected chi connectivity index (χ1v) is 5.82. The molecule has 1 saturated carbocycles. The third-order valence-corrected chi connectivity index (χ3v) is 3.33. The second-order valence-electron chi connectivity index (χ2n) is 4.62. The topological polar surface area (TPSA) is 41.5 Å². The van der Waals surface area contributed by atoms with Crippen LogP contribution in [-0.4, -0.2) is 37.5 Å². The van der Waals surface area contributed by atoms with Crippen molar-refractivity contribution in [2.24, 2.45) is 11.8 Å². The molecule has 3 heteroatoms. The van der Waals surface area contributed by atoms with Crippen LogP contribution in [0.1, 0.15) is 25.7 Å². The molecule has 0 bridgehead atoms. The predicted octanol–water partition coefficient (Wildman–Crippen LogP) is 0.773. The van der Waals surface area contributed by atoms with Gasteiger partial charge >= 0.3 is 0 Å². The van der Waals surface area contributed by atoms with E-state index in [9.17, 15) is 5.11 Å². The van der Waals surface area contributed by atoms with E-state index in [-0.39, 0.29) is 12.6 Å². The maximum absolute atomic E-state index is 9.29. The fourth-order valence-electron chi connectivity index (χ4n) is 2.10. The van der Waals surface area contributed by atoms with Crippen LogP contribution in [0.15, 0.2) is 0 Å². The fraction of sp³-hybridized carbons (Fsp3) is 1.00. The van der Waals surface area contributed by atoms with Crippen molar-refractivity contribution in [3.8, 4) is 0 Å². The van der Waals surface area contributed by atoms with Crippen LogP contribution in [0.25, 0.3) is 0 Å². The molecule has 0 spiro atoms. The first kappa shape index (κ1) is 10.4. The zero-order chi connectivity index (χ0) is 9.80. The van der Waals surface area contributed by atoms with Gasteiger partial charge in [0.15, 0.2) is 0 Å². The Balaban J connectivity index is 1.71. The second-order valence-corrected chi connectivity index (χ2v) is 4.62. The summed E-state index contributed by atoms with van der Waals surface area (Å²) in [6.45, 7) is 3.06. The van der Waals surface area contributed by atoms with E-state index in [0.29, 0.717) is 5.92 Å². The highest BCUT2D eigenvalue weighted by molar-refractivity contribution is 4.82. The van der Waals surface area contributed by atoms with Gasteiger partial charge in [-0.2, -0.15) is 0 Å². The molecule has 2 aliphatic rings. The lowest BCUT2D eigenvalue weighted by Gasteiger charge is -2.29. The van der Waals surface area contributed by atoms with Gasteiger partial charge in [0.1, 0.15) is 0 Å². The Hall–Kier alpha value is -0.120. The molecule has 0 aromatic heterocycles. The zero-order valence-electron chi connectivity index (χ0n) is 8.74. The molecule has 82 valence electrons. The minimum absolute atomic E-state index is 0.251. The van der Waals surface area contributed by atoms with Crippen molar-refractivity contribution >= 4 is 0 Å². The number of ether oxygens (including phenoxy) is 1. The third-order valence-electron chi connectivity index (χ3n) is 3.33. The second kappa shape index (κ2) is 5.10. The molecule has 0 aromatic rings. The normalized spacial score (nSPS) is 30.2. The minimum Gasteiger partial charge on any atom is -0.395 e. The molecule has 0 radical (unpaired) electrons. The molecule has 2 unspecified atom stereocenters. The van der Waals surface area contributed by atoms with E-state index < -0.39 is 0 Å². The molecule has 1 aliphatic heterocycles. The summed E-state index contributed by atoms with van der Waals surface area (Å²) in [5, 5.41) is 12.8. The lowest BCUT2D eigenvalue weighted by atomic mass is 9.94. The molecule has 2 N–H and O–H groups in total. The van der Waals surface area contributed by atoms with Crippen LogP contribution < -0.4 is 5.32 Å². The highest BCUT2D eigenvalue weighted by atomic mass is 16.5. The molecule has 2 fully saturated rings. The van der Waals surface area contributed by atoms with Crippen LogP contribution in [0.2, 0.25) is 0 Å². The fourth-order valence-corrected chi connectivity index (χ4v) is 2.10. The van der Waals surface area contributed by atoms with Gasteiger partial charge in [-0.1, -0.05) is 0 Å². The van der Waals surface area contributed by atoms with Crippen LogP contribution in [-0.2, 0) is 4.74 Å². The highest BCUT2D eigenvalue weighted by Crippen LogP contribution is 2.28. The van der Waals surface area contributed by atoms with Gasteiger partial charge in [-0.15, -0.1) is 0 Å². The zero-order valence-corrected chi connectivity index (χ0v) is 8.74. The first-order chi connectivity index (χ1) is 6.90. The van der Waals surface area contributed by atoms with Crippen molar-refractivity contribution in [1.82, 2.24) is 5.32 Å². The van der Waals surface area contributed by atoms with Crippen molar-refractivity contribution in [3.63, 3.8) is 0 Å². The van der Waals surface area contributed by atoms with Gasteiger partial charge in [-0.3, -0.25) is 0 Å².